The lowest BCUT2D eigenvalue weighted by atomic mass is 10.1. The van der Waals surface area contributed by atoms with Crippen LogP contribution < -0.4 is 5.14 Å². The van der Waals surface area contributed by atoms with Gasteiger partial charge in [0.1, 0.15) is 0 Å². The monoisotopic (exact) mass is 387 g/mol. The minimum Gasteiger partial charge on any atom is -0.303 e. The van der Waals surface area contributed by atoms with Crippen LogP contribution in [0.2, 0.25) is 0 Å². The molecular weight excluding hydrogens is 362 g/mol. The number of likely N-dealkylation sites (tertiary alicyclic amines) is 1. The molecule has 2 N–H and O–H groups in total. The van der Waals surface area contributed by atoms with Crippen molar-refractivity contribution in [2.24, 2.45) is 5.14 Å². The van der Waals surface area contributed by atoms with Crippen LogP contribution in [0.3, 0.4) is 0 Å². The van der Waals surface area contributed by atoms with Crippen LogP contribution in [0.15, 0.2) is 34.1 Å². The highest BCUT2D eigenvalue weighted by Gasteiger charge is 2.43. The van der Waals surface area contributed by atoms with E-state index in [1.54, 1.807) is 4.31 Å². The highest BCUT2D eigenvalue weighted by Crippen LogP contribution is 2.37. The van der Waals surface area contributed by atoms with Gasteiger partial charge in [-0.25, -0.2) is 22.0 Å². The molecule has 1 aliphatic carbocycles. The van der Waals surface area contributed by atoms with Crippen molar-refractivity contribution >= 4 is 20.0 Å². The molecule has 1 aromatic rings. The third-order valence-electron chi connectivity index (χ3n) is 4.98. The van der Waals surface area contributed by atoms with Crippen LogP contribution in [0, 0.1) is 0 Å². The van der Waals surface area contributed by atoms with Crippen LogP contribution in [0.5, 0.6) is 0 Å². The lowest BCUT2D eigenvalue weighted by molar-refractivity contribution is 0.161. The molecule has 0 aromatic heterocycles. The SMILES string of the molecule is CCN1CCC(N(C2CC2)S(=O)(=O)c2cccc(S(N)(=O)=O)c2)CC1. The van der Waals surface area contributed by atoms with E-state index in [0.717, 1.165) is 45.3 Å². The molecule has 1 aromatic carbocycles. The molecule has 1 heterocycles. The summed E-state index contributed by atoms with van der Waals surface area (Å²) in [6.45, 7) is 4.85. The average molecular weight is 388 g/mol. The predicted molar refractivity (Wildman–Crippen MR) is 95.0 cm³/mol. The van der Waals surface area contributed by atoms with Crippen molar-refractivity contribution in [1.82, 2.24) is 9.21 Å². The van der Waals surface area contributed by atoms with Gasteiger partial charge in [-0.3, -0.25) is 0 Å². The molecule has 25 heavy (non-hydrogen) atoms. The number of nitrogens with zero attached hydrogens (tertiary/aromatic N) is 2. The quantitative estimate of drug-likeness (QED) is 0.784. The van der Waals surface area contributed by atoms with E-state index in [4.69, 9.17) is 5.14 Å². The third-order valence-corrected chi connectivity index (χ3v) is 7.89. The van der Waals surface area contributed by atoms with Gasteiger partial charge in [-0.1, -0.05) is 13.0 Å². The molecule has 3 rings (SSSR count). The van der Waals surface area contributed by atoms with E-state index >= 15 is 0 Å². The molecule has 0 atom stereocenters. The van der Waals surface area contributed by atoms with Crippen molar-refractivity contribution in [1.29, 1.82) is 0 Å². The van der Waals surface area contributed by atoms with E-state index in [1.807, 2.05) is 0 Å². The maximum Gasteiger partial charge on any atom is 0.243 e. The molecule has 0 amide bonds. The van der Waals surface area contributed by atoms with Crippen molar-refractivity contribution < 1.29 is 16.8 Å². The van der Waals surface area contributed by atoms with Gasteiger partial charge in [0, 0.05) is 12.1 Å². The van der Waals surface area contributed by atoms with Gasteiger partial charge >= 0.3 is 0 Å². The Morgan fingerprint density at radius 3 is 2.12 bits per heavy atom. The summed E-state index contributed by atoms with van der Waals surface area (Å²) in [6, 6.07) is 5.36. The van der Waals surface area contributed by atoms with Gasteiger partial charge in [0.2, 0.25) is 20.0 Å². The van der Waals surface area contributed by atoms with E-state index in [9.17, 15) is 16.8 Å². The topological polar surface area (TPSA) is 101 Å². The third kappa shape index (κ3) is 4.06. The molecule has 2 aliphatic rings. The number of primary sulfonamides is 1. The zero-order valence-electron chi connectivity index (χ0n) is 14.3. The van der Waals surface area contributed by atoms with Crippen LogP contribution in [0.1, 0.15) is 32.6 Å². The predicted octanol–water partition coefficient (Wildman–Crippen LogP) is 0.971. The lowest BCUT2D eigenvalue weighted by Crippen LogP contribution is -2.48. The van der Waals surface area contributed by atoms with Gasteiger partial charge in [-0.05, 0) is 63.5 Å². The Kier molecular flexibility index (Phi) is 5.23. The van der Waals surface area contributed by atoms with E-state index in [2.05, 4.69) is 11.8 Å². The zero-order valence-corrected chi connectivity index (χ0v) is 16.0. The molecule has 1 saturated heterocycles. The molecular formula is C16H25N3O4S2. The molecule has 2 fully saturated rings. The number of sulfonamides is 2. The zero-order chi connectivity index (χ0) is 18.2. The Bertz CT molecular complexity index is 827. The first-order valence-electron chi connectivity index (χ1n) is 8.62. The average Bonchev–Trinajstić information content (AvgIpc) is 3.39. The van der Waals surface area contributed by atoms with Crippen molar-refractivity contribution in [3.63, 3.8) is 0 Å². The summed E-state index contributed by atoms with van der Waals surface area (Å²) in [5, 5.41) is 5.15. The largest absolute Gasteiger partial charge is 0.303 e. The molecule has 1 saturated carbocycles. The van der Waals surface area contributed by atoms with Crippen molar-refractivity contribution in [3.8, 4) is 0 Å². The first kappa shape index (κ1) is 18.8. The molecule has 0 bridgehead atoms. The summed E-state index contributed by atoms with van der Waals surface area (Å²) in [5.41, 5.74) is 0. The van der Waals surface area contributed by atoms with Crippen molar-refractivity contribution in [3.05, 3.63) is 24.3 Å². The molecule has 140 valence electrons. The second-order valence-electron chi connectivity index (χ2n) is 6.75. The summed E-state index contributed by atoms with van der Waals surface area (Å²) < 4.78 is 51.2. The van der Waals surface area contributed by atoms with Gasteiger partial charge in [0.05, 0.1) is 9.79 Å². The molecule has 9 heteroatoms. The maximum atomic E-state index is 13.2. The fraction of sp³-hybridized carbons (Fsp3) is 0.625. The molecule has 0 spiro atoms. The minimum atomic E-state index is -3.94. The summed E-state index contributed by atoms with van der Waals surface area (Å²) in [5.74, 6) is 0. The van der Waals surface area contributed by atoms with Crippen LogP contribution in [-0.4, -0.2) is 57.8 Å². The Balaban J connectivity index is 1.91. The smallest absolute Gasteiger partial charge is 0.243 e. The number of nitrogens with two attached hydrogens (primary N) is 1. The van der Waals surface area contributed by atoms with Crippen molar-refractivity contribution in [2.45, 2.75) is 54.5 Å². The number of rotatable bonds is 6. The van der Waals surface area contributed by atoms with E-state index in [1.165, 1.54) is 24.3 Å². The number of hydrogen-bond acceptors (Lipinski definition) is 5. The maximum absolute atomic E-state index is 13.2. The fourth-order valence-corrected chi connectivity index (χ4v) is 6.05. The van der Waals surface area contributed by atoms with Gasteiger partial charge in [0.15, 0.2) is 0 Å². The lowest BCUT2D eigenvalue weighted by Gasteiger charge is -2.37. The standard InChI is InChI=1S/C16H25N3O4S2/c1-2-18-10-8-14(9-11-18)19(13-6-7-13)25(22,23)16-5-3-4-15(12-16)24(17,20)21/h3-5,12-14H,2,6-11H2,1H3,(H2,17,20,21). The Morgan fingerprint density at radius 2 is 1.60 bits per heavy atom. The van der Waals surface area contributed by atoms with E-state index < -0.39 is 20.0 Å². The van der Waals surface area contributed by atoms with Crippen LogP contribution in [-0.2, 0) is 20.0 Å². The Hall–Kier alpha value is -1.00. The highest BCUT2D eigenvalue weighted by molar-refractivity contribution is 7.90. The first-order valence-corrected chi connectivity index (χ1v) is 11.6. The summed E-state index contributed by atoms with van der Waals surface area (Å²) >= 11 is 0. The molecule has 1 aliphatic heterocycles. The summed E-state index contributed by atoms with van der Waals surface area (Å²) in [4.78, 5) is 2.14. The van der Waals surface area contributed by atoms with E-state index in [-0.39, 0.29) is 21.9 Å². The summed E-state index contributed by atoms with van der Waals surface area (Å²) in [7, 11) is -7.69. The van der Waals surface area contributed by atoms with Gasteiger partial charge in [0.25, 0.3) is 0 Å². The number of benzene rings is 1. The second kappa shape index (κ2) is 6.96. The van der Waals surface area contributed by atoms with Crippen LogP contribution in [0.4, 0.5) is 0 Å². The van der Waals surface area contributed by atoms with Gasteiger partial charge in [-0.2, -0.15) is 4.31 Å². The van der Waals surface area contributed by atoms with Gasteiger partial charge < -0.3 is 4.90 Å². The fourth-order valence-electron chi connectivity index (χ4n) is 3.44. The number of hydrogen-bond donors (Lipinski definition) is 1. The molecule has 0 unspecified atom stereocenters. The summed E-state index contributed by atoms with van der Waals surface area (Å²) in [6.07, 6.45) is 3.33. The van der Waals surface area contributed by atoms with E-state index in [0.29, 0.717) is 0 Å². The molecule has 0 radical (unpaired) electrons. The minimum absolute atomic E-state index is 0.00356. The van der Waals surface area contributed by atoms with Crippen LogP contribution in [0.25, 0.3) is 0 Å². The van der Waals surface area contributed by atoms with Crippen molar-refractivity contribution in [2.75, 3.05) is 19.6 Å². The highest BCUT2D eigenvalue weighted by atomic mass is 32.2. The Labute approximate surface area is 149 Å². The molecule has 7 nitrogen and oxygen atoms in total. The Morgan fingerprint density at radius 1 is 1.04 bits per heavy atom. The number of piperidine rings is 1. The second-order valence-corrected chi connectivity index (χ2v) is 10.2. The van der Waals surface area contributed by atoms with Gasteiger partial charge in [-0.15, -0.1) is 0 Å². The normalized spacial score (nSPS) is 20.9. The first-order chi connectivity index (χ1) is 11.7. The van der Waals surface area contributed by atoms with Crippen LogP contribution >= 0.6 is 0 Å².